The zero-order valence-electron chi connectivity index (χ0n) is 19.1. The van der Waals surface area contributed by atoms with Crippen LogP contribution in [0.4, 0.5) is 4.39 Å². The van der Waals surface area contributed by atoms with Crippen LogP contribution in [0.1, 0.15) is 27.8 Å². The fourth-order valence-electron chi connectivity index (χ4n) is 4.57. The minimum absolute atomic E-state index is 0.0586. The van der Waals surface area contributed by atoms with E-state index in [0.29, 0.717) is 25.3 Å². The minimum atomic E-state index is -0.271. The summed E-state index contributed by atoms with van der Waals surface area (Å²) in [6.45, 7) is 5.19. The maximum absolute atomic E-state index is 13.5. The smallest absolute Gasteiger partial charge is 0.251 e. The molecule has 1 atom stereocenters. The van der Waals surface area contributed by atoms with Crippen molar-refractivity contribution in [1.82, 2.24) is 19.8 Å². The topological polar surface area (TPSA) is 59.4 Å². The highest BCUT2D eigenvalue weighted by molar-refractivity contribution is 5.97. The summed E-state index contributed by atoms with van der Waals surface area (Å²) in [5.74, 6) is 0.434. The fourth-order valence-corrected chi connectivity index (χ4v) is 4.57. The predicted octanol–water partition coefficient (Wildman–Crippen LogP) is 4.28. The lowest BCUT2D eigenvalue weighted by atomic mass is 10.0. The number of nitrogens with zero attached hydrogens (tertiary/aromatic N) is 3. The summed E-state index contributed by atoms with van der Waals surface area (Å²) in [6.07, 6.45) is 0. The zero-order valence-corrected chi connectivity index (χ0v) is 19.1. The van der Waals surface area contributed by atoms with Crippen molar-refractivity contribution >= 4 is 16.9 Å². The highest BCUT2D eigenvalue weighted by atomic mass is 19.1. The number of hydrogen-bond donors (Lipinski definition) is 1. The van der Waals surface area contributed by atoms with E-state index in [1.165, 1.54) is 12.1 Å². The van der Waals surface area contributed by atoms with Crippen molar-refractivity contribution in [1.29, 1.82) is 0 Å². The summed E-state index contributed by atoms with van der Waals surface area (Å²) in [4.78, 5) is 20.0. The van der Waals surface area contributed by atoms with Crippen LogP contribution in [-0.4, -0.2) is 53.2 Å². The van der Waals surface area contributed by atoms with Crippen LogP contribution in [0.5, 0.6) is 0 Å². The van der Waals surface area contributed by atoms with Gasteiger partial charge in [-0.25, -0.2) is 9.37 Å². The molecular formula is C27H27FN4O2. The molecule has 1 amide bonds. The molecule has 1 aliphatic heterocycles. The number of nitrogens with one attached hydrogen (secondary N) is 1. The Kier molecular flexibility index (Phi) is 6.38. The zero-order chi connectivity index (χ0) is 23.5. The van der Waals surface area contributed by atoms with Crippen molar-refractivity contribution in [3.63, 3.8) is 0 Å². The maximum atomic E-state index is 13.5. The van der Waals surface area contributed by atoms with Gasteiger partial charge in [0, 0.05) is 30.9 Å². The average Bonchev–Trinajstić information content (AvgIpc) is 3.21. The van der Waals surface area contributed by atoms with Gasteiger partial charge in [0.2, 0.25) is 0 Å². The number of rotatable bonds is 6. The van der Waals surface area contributed by atoms with E-state index in [1.807, 2.05) is 55.5 Å². The molecule has 6 nitrogen and oxygen atoms in total. The van der Waals surface area contributed by atoms with Gasteiger partial charge in [-0.05, 0) is 55.0 Å². The molecule has 7 heteroatoms. The van der Waals surface area contributed by atoms with Gasteiger partial charge in [-0.2, -0.15) is 0 Å². The van der Waals surface area contributed by atoms with E-state index in [0.717, 1.165) is 41.2 Å². The molecular weight excluding hydrogens is 431 g/mol. The van der Waals surface area contributed by atoms with E-state index in [4.69, 9.17) is 4.74 Å². The van der Waals surface area contributed by atoms with E-state index < -0.39 is 0 Å². The molecule has 0 bridgehead atoms. The first-order chi connectivity index (χ1) is 16.6. The van der Waals surface area contributed by atoms with E-state index in [9.17, 15) is 9.18 Å². The molecule has 1 saturated heterocycles. The van der Waals surface area contributed by atoms with Crippen LogP contribution in [0.2, 0.25) is 0 Å². The number of morpholine rings is 1. The number of hydrogen-bond acceptors (Lipinski definition) is 4. The lowest BCUT2D eigenvalue weighted by molar-refractivity contribution is 0.0162. The van der Waals surface area contributed by atoms with Gasteiger partial charge in [0.25, 0.3) is 5.91 Å². The van der Waals surface area contributed by atoms with E-state index in [2.05, 4.69) is 19.8 Å². The highest BCUT2D eigenvalue weighted by Gasteiger charge is 2.24. The molecule has 34 heavy (non-hydrogen) atoms. The number of aromatic nitrogens is 2. The predicted molar refractivity (Wildman–Crippen MR) is 130 cm³/mol. The number of aryl methyl sites for hydroxylation is 1. The standard InChI is InChI=1S/C27H27FN4O2/c1-19-30-24-17-21(9-12-25(24)32(19)23-5-3-2-4-6-23)27(33)29-18-26(31-13-15-34-16-14-31)20-7-10-22(28)11-8-20/h2-12,17,26H,13-16,18H2,1H3,(H,29,33)/t26-/m1/s1. The number of para-hydroxylation sites is 1. The van der Waals surface area contributed by atoms with Gasteiger partial charge in [-0.3, -0.25) is 14.3 Å². The van der Waals surface area contributed by atoms with Crippen LogP contribution >= 0.6 is 0 Å². The molecule has 0 radical (unpaired) electrons. The number of ether oxygens (including phenoxy) is 1. The number of amides is 1. The number of halogens is 1. The normalized spacial score (nSPS) is 15.4. The molecule has 1 fully saturated rings. The van der Waals surface area contributed by atoms with Crippen LogP contribution in [0.3, 0.4) is 0 Å². The number of carbonyl (C=O) groups is 1. The molecule has 5 rings (SSSR count). The first kappa shape index (κ1) is 22.3. The Labute approximate surface area is 198 Å². The van der Waals surface area contributed by atoms with Crippen molar-refractivity contribution in [2.75, 3.05) is 32.8 Å². The monoisotopic (exact) mass is 458 g/mol. The summed E-state index contributed by atoms with van der Waals surface area (Å²) < 4.78 is 21.1. The summed E-state index contributed by atoms with van der Waals surface area (Å²) in [6, 6.07) is 22.1. The number of benzene rings is 3. The second-order valence-corrected chi connectivity index (χ2v) is 8.46. The second-order valence-electron chi connectivity index (χ2n) is 8.46. The molecule has 1 aliphatic rings. The quantitative estimate of drug-likeness (QED) is 0.469. The van der Waals surface area contributed by atoms with Gasteiger partial charge in [0.1, 0.15) is 11.6 Å². The second kappa shape index (κ2) is 9.75. The van der Waals surface area contributed by atoms with Crippen LogP contribution in [0, 0.1) is 12.7 Å². The first-order valence-corrected chi connectivity index (χ1v) is 11.5. The highest BCUT2D eigenvalue weighted by Crippen LogP contribution is 2.24. The largest absolute Gasteiger partial charge is 0.379 e. The van der Waals surface area contributed by atoms with Crippen molar-refractivity contribution in [3.8, 4) is 5.69 Å². The third kappa shape index (κ3) is 4.58. The van der Waals surface area contributed by atoms with Gasteiger partial charge in [-0.15, -0.1) is 0 Å². The molecule has 174 valence electrons. The minimum Gasteiger partial charge on any atom is -0.379 e. The van der Waals surface area contributed by atoms with Crippen LogP contribution in [0.15, 0.2) is 72.8 Å². The third-order valence-corrected chi connectivity index (χ3v) is 6.30. The molecule has 0 spiro atoms. The summed E-state index contributed by atoms with van der Waals surface area (Å²) in [5, 5.41) is 3.08. The Bertz CT molecular complexity index is 1280. The van der Waals surface area contributed by atoms with E-state index in [1.54, 1.807) is 12.1 Å². The Balaban J connectivity index is 1.36. The van der Waals surface area contributed by atoms with Gasteiger partial charge in [0.15, 0.2) is 0 Å². The number of carbonyl (C=O) groups excluding carboxylic acids is 1. The van der Waals surface area contributed by atoms with Crippen LogP contribution in [-0.2, 0) is 4.74 Å². The number of imidazole rings is 1. The van der Waals surface area contributed by atoms with E-state index >= 15 is 0 Å². The lowest BCUT2D eigenvalue weighted by Gasteiger charge is -2.35. The Hall–Kier alpha value is -3.55. The summed E-state index contributed by atoms with van der Waals surface area (Å²) in [7, 11) is 0. The van der Waals surface area contributed by atoms with Crippen molar-refractivity contribution < 1.29 is 13.9 Å². The SMILES string of the molecule is Cc1nc2cc(C(=O)NC[C@H](c3ccc(F)cc3)N3CCOCC3)ccc2n1-c1ccccc1. The van der Waals surface area contributed by atoms with Crippen molar-refractivity contribution in [2.24, 2.45) is 0 Å². The molecule has 1 N–H and O–H groups in total. The molecule has 2 heterocycles. The van der Waals surface area contributed by atoms with Crippen LogP contribution in [0.25, 0.3) is 16.7 Å². The van der Waals surface area contributed by atoms with Crippen molar-refractivity contribution in [2.45, 2.75) is 13.0 Å². The Morgan fingerprint density at radius 2 is 1.79 bits per heavy atom. The molecule has 1 aromatic heterocycles. The van der Waals surface area contributed by atoms with Gasteiger partial charge >= 0.3 is 0 Å². The molecule has 0 saturated carbocycles. The van der Waals surface area contributed by atoms with Crippen molar-refractivity contribution in [3.05, 3.63) is 95.6 Å². The Morgan fingerprint density at radius 1 is 1.06 bits per heavy atom. The lowest BCUT2D eigenvalue weighted by Crippen LogP contribution is -2.43. The maximum Gasteiger partial charge on any atom is 0.251 e. The molecule has 0 unspecified atom stereocenters. The third-order valence-electron chi connectivity index (χ3n) is 6.30. The number of fused-ring (bicyclic) bond motifs is 1. The fraction of sp³-hybridized carbons (Fsp3) is 0.259. The molecule has 4 aromatic rings. The van der Waals surface area contributed by atoms with Gasteiger partial charge in [0.05, 0.1) is 30.3 Å². The molecule has 3 aromatic carbocycles. The van der Waals surface area contributed by atoms with E-state index in [-0.39, 0.29) is 17.8 Å². The summed E-state index contributed by atoms with van der Waals surface area (Å²) >= 11 is 0. The average molecular weight is 459 g/mol. The van der Waals surface area contributed by atoms with Gasteiger partial charge in [-0.1, -0.05) is 30.3 Å². The molecule has 0 aliphatic carbocycles. The van der Waals surface area contributed by atoms with Gasteiger partial charge < -0.3 is 10.1 Å². The van der Waals surface area contributed by atoms with Crippen LogP contribution < -0.4 is 5.32 Å². The Morgan fingerprint density at radius 3 is 2.53 bits per heavy atom. The summed E-state index contributed by atoms with van der Waals surface area (Å²) in [5.41, 5.74) is 4.30. The first-order valence-electron chi connectivity index (χ1n) is 11.5.